The number of nitrogens with zero attached hydrogens (tertiary/aromatic N) is 2. The number of aromatic nitrogens is 1. The summed E-state index contributed by atoms with van der Waals surface area (Å²) in [5.74, 6) is -0.353. The van der Waals surface area contributed by atoms with Crippen molar-refractivity contribution >= 4 is 16.0 Å². The maximum atomic E-state index is 11.9. The van der Waals surface area contributed by atoms with E-state index in [1.165, 1.54) is 13.1 Å². The predicted octanol–water partition coefficient (Wildman–Crippen LogP) is 0.308. The highest BCUT2D eigenvalue weighted by Gasteiger charge is 2.23. The van der Waals surface area contributed by atoms with Crippen LogP contribution in [0.5, 0.6) is 0 Å². The Morgan fingerprint density at radius 3 is 2.72 bits per heavy atom. The minimum Gasteiger partial charge on any atom is -0.465 e. The summed E-state index contributed by atoms with van der Waals surface area (Å²) in [5, 5.41) is 3.60. The Bertz CT molecular complexity index is 508. The van der Waals surface area contributed by atoms with Crippen molar-refractivity contribution in [2.75, 3.05) is 20.2 Å². The van der Waals surface area contributed by atoms with Crippen molar-refractivity contribution in [3.05, 3.63) is 17.5 Å². The summed E-state index contributed by atoms with van der Waals surface area (Å²) < 4.78 is 34.2. The first-order valence-corrected chi connectivity index (χ1v) is 6.98. The largest absolute Gasteiger partial charge is 0.465 e. The molecule has 0 spiro atoms. The van der Waals surface area contributed by atoms with Gasteiger partial charge in [-0.15, -0.1) is 0 Å². The number of hydrogen-bond acceptors (Lipinski definition) is 6. The van der Waals surface area contributed by atoms with E-state index in [0.29, 0.717) is 11.5 Å². The smallest absolute Gasteiger partial charge is 0.321 e. The maximum absolute atomic E-state index is 11.9. The third kappa shape index (κ3) is 4.11. The lowest BCUT2D eigenvalue weighted by molar-refractivity contribution is -0.143. The molecule has 0 bridgehead atoms. The molecule has 0 saturated heterocycles. The number of ether oxygens (including phenoxy) is 1. The molecule has 1 heterocycles. The molecule has 0 radical (unpaired) electrons. The fourth-order valence-electron chi connectivity index (χ4n) is 1.27. The first-order chi connectivity index (χ1) is 8.35. The zero-order chi connectivity index (χ0) is 13.8. The number of rotatable bonds is 6. The molecule has 0 saturated carbocycles. The van der Waals surface area contributed by atoms with Crippen LogP contribution in [0.3, 0.4) is 0 Å². The zero-order valence-corrected chi connectivity index (χ0v) is 11.4. The van der Waals surface area contributed by atoms with Gasteiger partial charge in [-0.2, -0.15) is 4.31 Å². The summed E-state index contributed by atoms with van der Waals surface area (Å²) in [6.45, 7) is 3.23. The molecule has 0 N–H and O–H groups in total. The first kappa shape index (κ1) is 14.7. The summed E-state index contributed by atoms with van der Waals surface area (Å²) in [5.41, 5.74) is 0.309. The van der Waals surface area contributed by atoms with Gasteiger partial charge in [-0.1, -0.05) is 5.16 Å². The van der Waals surface area contributed by atoms with Crippen LogP contribution in [-0.2, 0) is 25.3 Å². The lowest BCUT2D eigenvalue weighted by atomic mass is 10.4. The third-order valence-electron chi connectivity index (χ3n) is 2.14. The van der Waals surface area contributed by atoms with Crippen molar-refractivity contribution < 1.29 is 22.5 Å². The Kier molecular flexibility index (Phi) is 4.85. The Hall–Kier alpha value is -1.41. The highest BCUT2D eigenvalue weighted by molar-refractivity contribution is 7.88. The van der Waals surface area contributed by atoms with E-state index >= 15 is 0 Å². The highest BCUT2D eigenvalue weighted by Crippen LogP contribution is 2.09. The van der Waals surface area contributed by atoms with Crippen molar-refractivity contribution in [1.29, 1.82) is 0 Å². The summed E-state index contributed by atoms with van der Waals surface area (Å²) >= 11 is 0. The molecule has 0 fully saturated rings. The van der Waals surface area contributed by atoms with E-state index in [-0.39, 0.29) is 18.9 Å². The van der Waals surface area contributed by atoms with Gasteiger partial charge in [-0.3, -0.25) is 4.79 Å². The van der Waals surface area contributed by atoms with E-state index in [1.54, 1.807) is 13.8 Å². The van der Waals surface area contributed by atoms with Gasteiger partial charge in [0, 0.05) is 13.1 Å². The Morgan fingerprint density at radius 1 is 1.56 bits per heavy atom. The van der Waals surface area contributed by atoms with E-state index < -0.39 is 16.0 Å². The van der Waals surface area contributed by atoms with Crippen molar-refractivity contribution in [2.24, 2.45) is 0 Å². The van der Waals surface area contributed by atoms with Gasteiger partial charge in [0.05, 0.1) is 6.61 Å². The molecule has 102 valence electrons. The summed E-state index contributed by atoms with van der Waals surface area (Å²) in [4.78, 5) is 11.2. The summed E-state index contributed by atoms with van der Waals surface area (Å²) in [6.07, 6.45) is 0. The fraction of sp³-hybridized carbons (Fsp3) is 0.600. The number of aryl methyl sites for hydroxylation is 1. The first-order valence-electron chi connectivity index (χ1n) is 5.37. The van der Waals surface area contributed by atoms with Gasteiger partial charge in [0.2, 0.25) is 10.0 Å². The van der Waals surface area contributed by atoms with Crippen LogP contribution in [0.15, 0.2) is 10.6 Å². The molecule has 1 aromatic heterocycles. The van der Waals surface area contributed by atoms with Gasteiger partial charge in [0.1, 0.15) is 23.8 Å². The molecular formula is C10H16N2O5S. The molecule has 1 rings (SSSR count). The Balaban J connectivity index is 2.65. The third-order valence-corrected chi connectivity index (χ3v) is 3.88. The van der Waals surface area contributed by atoms with Gasteiger partial charge < -0.3 is 9.26 Å². The second kappa shape index (κ2) is 5.96. The molecule has 0 aliphatic heterocycles. The predicted molar refractivity (Wildman–Crippen MR) is 63.1 cm³/mol. The number of carbonyl (C=O) groups excluding carboxylic acids is 1. The topological polar surface area (TPSA) is 89.7 Å². The molecular weight excluding hydrogens is 260 g/mol. The summed E-state index contributed by atoms with van der Waals surface area (Å²) in [7, 11) is -2.28. The highest BCUT2D eigenvalue weighted by atomic mass is 32.2. The van der Waals surface area contributed by atoms with Gasteiger partial charge in [-0.25, -0.2) is 8.42 Å². The number of likely N-dealkylation sites (N-methyl/N-ethyl adjacent to an activating group) is 1. The van der Waals surface area contributed by atoms with Gasteiger partial charge in [0.15, 0.2) is 0 Å². The minimum absolute atomic E-state index is 0.217. The van der Waals surface area contributed by atoms with Crippen LogP contribution < -0.4 is 0 Å². The SMILES string of the molecule is CCOC(=O)CN(C)S(=O)(=O)Cc1cc(C)on1. The fourth-order valence-corrected chi connectivity index (χ4v) is 2.30. The zero-order valence-electron chi connectivity index (χ0n) is 10.5. The number of hydrogen-bond donors (Lipinski definition) is 0. The van der Waals surface area contributed by atoms with Gasteiger partial charge >= 0.3 is 5.97 Å². The van der Waals surface area contributed by atoms with Crippen molar-refractivity contribution in [2.45, 2.75) is 19.6 Å². The number of sulfonamides is 1. The molecule has 0 unspecified atom stereocenters. The van der Waals surface area contributed by atoms with Crippen molar-refractivity contribution in [3.63, 3.8) is 0 Å². The molecule has 0 aliphatic carbocycles. The van der Waals surface area contributed by atoms with Crippen LogP contribution in [0.1, 0.15) is 18.4 Å². The van der Waals surface area contributed by atoms with Gasteiger partial charge in [0.25, 0.3) is 0 Å². The van der Waals surface area contributed by atoms with Crippen LogP contribution in [0.2, 0.25) is 0 Å². The molecule has 1 aromatic rings. The van der Waals surface area contributed by atoms with Crippen molar-refractivity contribution in [1.82, 2.24) is 9.46 Å². The molecule has 7 nitrogen and oxygen atoms in total. The molecule has 18 heavy (non-hydrogen) atoms. The van der Waals surface area contributed by atoms with E-state index in [1.807, 2.05) is 0 Å². The van der Waals surface area contributed by atoms with Gasteiger partial charge in [-0.05, 0) is 13.8 Å². The normalized spacial score (nSPS) is 11.8. The average molecular weight is 276 g/mol. The molecule has 0 amide bonds. The monoisotopic (exact) mass is 276 g/mol. The van der Waals surface area contributed by atoms with Crippen LogP contribution in [0.4, 0.5) is 0 Å². The summed E-state index contributed by atoms with van der Waals surface area (Å²) in [6, 6.07) is 1.54. The van der Waals surface area contributed by atoms with Crippen LogP contribution >= 0.6 is 0 Å². The van der Waals surface area contributed by atoms with Crippen molar-refractivity contribution in [3.8, 4) is 0 Å². The molecule has 0 aromatic carbocycles. The molecule has 0 aliphatic rings. The van der Waals surface area contributed by atoms with E-state index in [2.05, 4.69) is 9.89 Å². The second-order valence-corrected chi connectivity index (χ2v) is 5.82. The number of carbonyl (C=O) groups is 1. The second-order valence-electron chi connectivity index (χ2n) is 3.75. The maximum Gasteiger partial charge on any atom is 0.321 e. The van der Waals surface area contributed by atoms with Crippen LogP contribution in [0, 0.1) is 6.92 Å². The van der Waals surface area contributed by atoms with Crippen LogP contribution in [-0.4, -0.2) is 44.0 Å². The minimum atomic E-state index is -3.60. The molecule has 8 heteroatoms. The quantitative estimate of drug-likeness (QED) is 0.694. The van der Waals surface area contributed by atoms with E-state index in [0.717, 1.165) is 4.31 Å². The standard InChI is InChI=1S/C10H16N2O5S/c1-4-16-10(13)6-12(3)18(14,15)7-9-5-8(2)17-11-9/h5H,4,6-7H2,1-3H3. The lowest BCUT2D eigenvalue weighted by Gasteiger charge is -2.14. The lowest BCUT2D eigenvalue weighted by Crippen LogP contribution is -2.34. The van der Waals surface area contributed by atoms with Crippen LogP contribution in [0.25, 0.3) is 0 Å². The average Bonchev–Trinajstić information content (AvgIpc) is 2.63. The number of esters is 1. The van der Waals surface area contributed by atoms with E-state index in [9.17, 15) is 13.2 Å². The Labute approximate surface area is 106 Å². The van der Waals surface area contributed by atoms with E-state index in [4.69, 9.17) is 4.52 Å². The Morgan fingerprint density at radius 2 is 2.22 bits per heavy atom. The molecule has 0 atom stereocenters.